The molecule has 2 amide bonds. The molecule has 0 aliphatic carbocycles. The molecule has 7 heteroatoms. The number of nitrogens with one attached hydrogen (secondary N) is 2. The number of nitrogens with zero attached hydrogens (tertiary/aromatic N) is 3. The highest BCUT2D eigenvalue weighted by atomic mass is 16.2. The van der Waals surface area contributed by atoms with Crippen LogP contribution in [-0.2, 0) is 4.79 Å². The van der Waals surface area contributed by atoms with Crippen molar-refractivity contribution in [3.8, 4) is 0 Å². The van der Waals surface area contributed by atoms with Crippen LogP contribution in [0.1, 0.15) is 55.5 Å². The van der Waals surface area contributed by atoms with E-state index in [1.165, 1.54) is 0 Å². The lowest BCUT2D eigenvalue weighted by atomic mass is 9.85. The van der Waals surface area contributed by atoms with Crippen LogP contribution in [0.15, 0.2) is 0 Å². The molecule has 114 valence electrons. The monoisotopic (exact) mass is 291 g/mol. The van der Waals surface area contributed by atoms with Crippen molar-refractivity contribution in [3.05, 3.63) is 11.6 Å². The van der Waals surface area contributed by atoms with Gasteiger partial charge < -0.3 is 10.2 Å². The first-order valence-electron chi connectivity index (χ1n) is 7.55. The summed E-state index contributed by atoms with van der Waals surface area (Å²) in [5, 5.41) is 9.88. The van der Waals surface area contributed by atoms with Gasteiger partial charge >= 0.3 is 0 Å². The third kappa shape index (κ3) is 2.77. The van der Waals surface area contributed by atoms with Crippen LogP contribution >= 0.6 is 0 Å². The van der Waals surface area contributed by atoms with E-state index in [4.69, 9.17) is 0 Å². The maximum absolute atomic E-state index is 12.5. The highest BCUT2D eigenvalue weighted by Gasteiger charge is 2.36. The number of likely N-dealkylation sites (tertiary alicyclic amines) is 1. The van der Waals surface area contributed by atoms with E-state index in [2.05, 4.69) is 20.5 Å². The number of amides is 2. The molecule has 1 aromatic rings. The Hall–Kier alpha value is -1.92. The Bertz CT molecular complexity index is 553. The summed E-state index contributed by atoms with van der Waals surface area (Å²) in [6.45, 7) is 5.33. The maximum Gasteiger partial charge on any atom is 0.293 e. The van der Waals surface area contributed by atoms with Crippen LogP contribution in [0.5, 0.6) is 0 Å². The first-order valence-corrected chi connectivity index (χ1v) is 7.55. The number of hydrogen-bond acceptors (Lipinski definition) is 4. The zero-order valence-electron chi connectivity index (χ0n) is 12.4. The number of fused-ring (bicyclic) bond motifs is 1. The second kappa shape index (κ2) is 5.46. The number of hydrogen-bond donors (Lipinski definition) is 2. The highest BCUT2D eigenvalue weighted by Crippen LogP contribution is 2.26. The summed E-state index contributed by atoms with van der Waals surface area (Å²) >= 11 is 0. The van der Waals surface area contributed by atoms with Crippen LogP contribution in [0, 0.1) is 5.92 Å². The number of aromatic nitrogens is 3. The summed E-state index contributed by atoms with van der Waals surface area (Å²) < 4.78 is 0. The molecule has 0 aromatic carbocycles. The van der Waals surface area contributed by atoms with Crippen LogP contribution < -0.4 is 5.32 Å². The lowest BCUT2D eigenvalue weighted by molar-refractivity contribution is -0.125. The summed E-state index contributed by atoms with van der Waals surface area (Å²) in [5.74, 6) is 1.57. The van der Waals surface area contributed by atoms with Gasteiger partial charge in [0.05, 0.1) is 0 Å². The number of carbonyl (C=O) groups excluding carboxylic acids is 2. The minimum atomic E-state index is -0.117. The average Bonchev–Trinajstić information content (AvgIpc) is 2.96. The minimum Gasteiger partial charge on any atom is -0.353 e. The van der Waals surface area contributed by atoms with E-state index in [0.717, 1.165) is 18.7 Å². The second-order valence-corrected chi connectivity index (χ2v) is 6.21. The van der Waals surface area contributed by atoms with E-state index in [-0.39, 0.29) is 29.6 Å². The number of rotatable bonds is 2. The molecule has 3 heterocycles. The van der Waals surface area contributed by atoms with Gasteiger partial charge in [-0.05, 0) is 18.8 Å². The van der Waals surface area contributed by atoms with Gasteiger partial charge in [-0.2, -0.15) is 0 Å². The molecular formula is C14H21N5O2. The summed E-state index contributed by atoms with van der Waals surface area (Å²) in [6, 6.07) is 0.216. The van der Waals surface area contributed by atoms with Crippen LogP contribution in [0.3, 0.4) is 0 Å². The fourth-order valence-electron chi connectivity index (χ4n) is 3.06. The van der Waals surface area contributed by atoms with Crippen LogP contribution in [0.25, 0.3) is 0 Å². The van der Waals surface area contributed by atoms with Gasteiger partial charge in [-0.1, -0.05) is 13.8 Å². The van der Waals surface area contributed by atoms with E-state index >= 15 is 0 Å². The van der Waals surface area contributed by atoms with E-state index in [0.29, 0.717) is 25.4 Å². The quantitative estimate of drug-likeness (QED) is 0.838. The van der Waals surface area contributed by atoms with Gasteiger partial charge in [-0.3, -0.25) is 14.7 Å². The molecular weight excluding hydrogens is 270 g/mol. The van der Waals surface area contributed by atoms with Gasteiger partial charge in [0.25, 0.3) is 5.91 Å². The van der Waals surface area contributed by atoms with Gasteiger partial charge in [0, 0.05) is 31.5 Å². The number of piperidine rings is 2. The topological polar surface area (TPSA) is 91.0 Å². The van der Waals surface area contributed by atoms with Crippen LogP contribution in [0.4, 0.5) is 0 Å². The molecule has 7 nitrogen and oxygen atoms in total. The second-order valence-electron chi connectivity index (χ2n) is 6.21. The van der Waals surface area contributed by atoms with Gasteiger partial charge in [0.15, 0.2) is 0 Å². The summed E-state index contributed by atoms with van der Waals surface area (Å²) in [4.78, 5) is 30.0. The summed E-state index contributed by atoms with van der Waals surface area (Å²) in [5.41, 5.74) is 0. The Morgan fingerprint density at radius 2 is 2.19 bits per heavy atom. The molecule has 2 aliphatic heterocycles. The van der Waals surface area contributed by atoms with Crippen molar-refractivity contribution in [1.82, 2.24) is 25.4 Å². The molecule has 0 radical (unpaired) electrons. The Kier molecular flexibility index (Phi) is 3.65. The van der Waals surface area contributed by atoms with Crippen molar-refractivity contribution in [3.63, 3.8) is 0 Å². The summed E-state index contributed by atoms with van der Waals surface area (Å²) in [6.07, 6.45) is 2.22. The van der Waals surface area contributed by atoms with Crippen molar-refractivity contribution < 1.29 is 9.59 Å². The number of carbonyl (C=O) groups is 2. The van der Waals surface area contributed by atoms with Crippen LogP contribution in [-0.4, -0.2) is 51.0 Å². The van der Waals surface area contributed by atoms with E-state index in [1.807, 2.05) is 18.7 Å². The zero-order valence-corrected chi connectivity index (χ0v) is 12.4. The third-order valence-electron chi connectivity index (χ3n) is 4.35. The molecule has 0 saturated carbocycles. The summed E-state index contributed by atoms with van der Waals surface area (Å²) in [7, 11) is 0. The number of H-pyrrole nitrogens is 1. The van der Waals surface area contributed by atoms with Gasteiger partial charge in [0.1, 0.15) is 5.82 Å². The predicted octanol–water partition coefficient (Wildman–Crippen LogP) is 0.669. The highest BCUT2D eigenvalue weighted by molar-refractivity contribution is 5.90. The fourth-order valence-corrected chi connectivity index (χ4v) is 3.06. The van der Waals surface area contributed by atoms with Crippen molar-refractivity contribution in [1.29, 1.82) is 0 Å². The van der Waals surface area contributed by atoms with E-state index < -0.39 is 0 Å². The largest absolute Gasteiger partial charge is 0.353 e. The SMILES string of the molecule is CC(C)c1nc(C(=O)N2CCC3NC(=O)CCC3C2)n[nH]1. The normalized spacial score (nSPS) is 25.7. The Labute approximate surface area is 123 Å². The molecule has 3 rings (SSSR count). The molecule has 21 heavy (non-hydrogen) atoms. The molecule has 0 bridgehead atoms. The molecule has 2 saturated heterocycles. The van der Waals surface area contributed by atoms with Crippen LogP contribution in [0.2, 0.25) is 0 Å². The van der Waals surface area contributed by atoms with Crippen molar-refractivity contribution in [2.75, 3.05) is 13.1 Å². The van der Waals surface area contributed by atoms with Gasteiger partial charge in [-0.25, -0.2) is 4.98 Å². The molecule has 1 aromatic heterocycles. The molecule has 2 N–H and O–H groups in total. The van der Waals surface area contributed by atoms with Gasteiger partial charge in [0.2, 0.25) is 11.7 Å². The maximum atomic E-state index is 12.5. The smallest absolute Gasteiger partial charge is 0.293 e. The first kappa shape index (κ1) is 14.0. The molecule has 2 fully saturated rings. The first-order chi connectivity index (χ1) is 10.0. The lowest BCUT2D eigenvalue weighted by Gasteiger charge is -2.41. The minimum absolute atomic E-state index is 0.117. The van der Waals surface area contributed by atoms with E-state index in [1.54, 1.807) is 0 Å². The Morgan fingerprint density at radius 3 is 2.90 bits per heavy atom. The van der Waals surface area contributed by atoms with Crippen molar-refractivity contribution in [2.24, 2.45) is 5.92 Å². The molecule has 2 aliphatic rings. The van der Waals surface area contributed by atoms with Gasteiger partial charge in [-0.15, -0.1) is 5.10 Å². The third-order valence-corrected chi connectivity index (χ3v) is 4.35. The molecule has 0 spiro atoms. The Balaban J connectivity index is 1.67. The molecule has 2 atom stereocenters. The predicted molar refractivity (Wildman–Crippen MR) is 75.6 cm³/mol. The fraction of sp³-hybridized carbons (Fsp3) is 0.714. The molecule has 2 unspecified atom stereocenters. The standard InChI is InChI=1S/C14H21N5O2/c1-8(2)12-16-13(18-17-12)14(21)19-6-5-10-9(7-19)3-4-11(20)15-10/h8-10H,3-7H2,1-2H3,(H,15,20)(H,16,17,18). The zero-order chi connectivity index (χ0) is 15.0. The Morgan fingerprint density at radius 1 is 1.38 bits per heavy atom. The van der Waals surface area contributed by atoms with Crippen molar-refractivity contribution in [2.45, 2.75) is 45.1 Å². The average molecular weight is 291 g/mol. The lowest BCUT2D eigenvalue weighted by Crippen LogP contribution is -2.55. The van der Waals surface area contributed by atoms with Crippen molar-refractivity contribution >= 4 is 11.8 Å². The number of aromatic amines is 1. The van der Waals surface area contributed by atoms with E-state index in [9.17, 15) is 9.59 Å².